The second-order valence-corrected chi connectivity index (χ2v) is 6.23. The van der Waals surface area contributed by atoms with E-state index in [2.05, 4.69) is 4.90 Å². The molecule has 3 rings (SSSR count). The molecule has 0 aromatic heterocycles. The molecule has 1 aliphatic carbocycles. The highest BCUT2D eigenvalue weighted by molar-refractivity contribution is 5.82. The molecule has 1 aromatic rings. The Morgan fingerprint density at radius 3 is 2.81 bits per heavy atom. The van der Waals surface area contributed by atoms with Crippen LogP contribution in [-0.2, 0) is 11.3 Å². The van der Waals surface area contributed by atoms with E-state index in [4.69, 9.17) is 0 Å². The number of nitrogens with zero attached hydrogens (tertiary/aromatic N) is 1. The van der Waals surface area contributed by atoms with Crippen LogP contribution in [0.4, 0.5) is 8.78 Å². The van der Waals surface area contributed by atoms with E-state index in [9.17, 15) is 13.6 Å². The minimum absolute atomic E-state index is 0.0953. The molecule has 2 aliphatic rings. The first-order valence-electron chi connectivity index (χ1n) is 7.86. The van der Waals surface area contributed by atoms with E-state index in [-0.39, 0.29) is 17.8 Å². The molecule has 1 saturated carbocycles. The highest BCUT2D eigenvalue weighted by atomic mass is 19.1. The smallest absolute Gasteiger partial charge is 0.137 e. The van der Waals surface area contributed by atoms with Gasteiger partial charge < -0.3 is 0 Å². The molecule has 114 valence electrons. The van der Waals surface area contributed by atoms with Crippen molar-refractivity contribution in [2.24, 2.45) is 5.92 Å². The highest BCUT2D eigenvalue weighted by Crippen LogP contribution is 2.33. The molecule has 0 bridgehead atoms. The third-order valence-electron chi connectivity index (χ3n) is 4.86. The lowest BCUT2D eigenvalue weighted by Gasteiger charge is -2.33. The number of rotatable bonds is 3. The first-order valence-corrected chi connectivity index (χ1v) is 7.86. The number of ketones is 1. The Morgan fingerprint density at radius 1 is 1.14 bits per heavy atom. The summed E-state index contributed by atoms with van der Waals surface area (Å²) in [7, 11) is 0. The Balaban J connectivity index is 1.74. The maximum atomic E-state index is 13.8. The average Bonchev–Trinajstić information content (AvgIpc) is 2.91. The van der Waals surface area contributed by atoms with Gasteiger partial charge in [-0.25, -0.2) is 8.78 Å². The van der Waals surface area contributed by atoms with Gasteiger partial charge in [0, 0.05) is 30.5 Å². The maximum absolute atomic E-state index is 13.8. The number of hydrogen-bond acceptors (Lipinski definition) is 2. The highest BCUT2D eigenvalue weighted by Gasteiger charge is 2.36. The Hall–Kier alpha value is -1.29. The molecule has 1 saturated heterocycles. The fourth-order valence-electron chi connectivity index (χ4n) is 3.80. The van der Waals surface area contributed by atoms with Crippen molar-refractivity contribution in [3.05, 3.63) is 35.4 Å². The van der Waals surface area contributed by atoms with E-state index in [1.807, 2.05) is 0 Å². The summed E-state index contributed by atoms with van der Waals surface area (Å²) >= 11 is 0. The number of likely N-dealkylation sites (tertiary alicyclic amines) is 1. The first kappa shape index (κ1) is 14.6. The second-order valence-electron chi connectivity index (χ2n) is 6.23. The normalized spacial score (nSPS) is 27.2. The SMILES string of the molecule is O=C1CCCCC1C1CCCN1Cc1cc(F)ccc1F. The zero-order chi connectivity index (χ0) is 14.8. The molecule has 0 amide bonds. The van der Waals surface area contributed by atoms with Crippen LogP contribution in [0, 0.1) is 17.6 Å². The summed E-state index contributed by atoms with van der Waals surface area (Å²) in [5, 5.41) is 0. The van der Waals surface area contributed by atoms with Crippen molar-refractivity contribution in [2.45, 2.75) is 51.1 Å². The second kappa shape index (κ2) is 6.22. The van der Waals surface area contributed by atoms with E-state index >= 15 is 0 Å². The standard InChI is InChI=1S/C17H21F2NO/c18-13-7-8-15(19)12(10-13)11-20-9-3-5-16(20)14-4-1-2-6-17(14)21/h7-8,10,14,16H,1-6,9,11H2. The zero-order valence-electron chi connectivity index (χ0n) is 12.2. The van der Waals surface area contributed by atoms with E-state index in [0.717, 1.165) is 44.7 Å². The van der Waals surface area contributed by atoms with Gasteiger partial charge in [0.2, 0.25) is 0 Å². The van der Waals surface area contributed by atoms with E-state index < -0.39 is 5.82 Å². The average molecular weight is 293 g/mol. The molecule has 4 heteroatoms. The van der Waals surface area contributed by atoms with Gasteiger partial charge in [-0.05, 0) is 50.4 Å². The molecule has 1 aromatic carbocycles. The monoisotopic (exact) mass is 293 g/mol. The van der Waals surface area contributed by atoms with Gasteiger partial charge in [-0.2, -0.15) is 0 Å². The van der Waals surface area contributed by atoms with E-state index in [1.165, 1.54) is 12.1 Å². The number of Topliss-reactive ketones (excluding diaryl/α,β-unsaturated/α-hetero) is 1. The number of hydrogen-bond donors (Lipinski definition) is 0. The Morgan fingerprint density at radius 2 is 2.00 bits per heavy atom. The van der Waals surface area contributed by atoms with Gasteiger partial charge >= 0.3 is 0 Å². The summed E-state index contributed by atoms with van der Waals surface area (Å²) in [6, 6.07) is 3.81. The summed E-state index contributed by atoms with van der Waals surface area (Å²) < 4.78 is 27.1. The number of benzene rings is 1. The minimum atomic E-state index is -0.407. The molecule has 2 nitrogen and oxygen atoms in total. The van der Waals surface area contributed by atoms with Crippen molar-refractivity contribution in [1.29, 1.82) is 0 Å². The third kappa shape index (κ3) is 3.15. The predicted molar refractivity (Wildman–Crippen MR) is 76.8 cm³/mol. The van der Waals surface area contributed by atoms with Gasteiger partial charge in [-0.1, -0.05) is 6.42 Å². The summed E-state index contributed by atoms with van der Waals surface area (Å²) in [5.74, 6) is -0.316. The zero-order valence-corrected chi connectivity index (χ0v) is 12.2. The van der Waals surface area contributed by atoms with Crippen molar-refractivity contribution in [2.75, 3.05) is 6.54 Å². The van der Waals surface area contributed by atoms with Crippen molar-refractivity contribution < 1.29 is 13.6 Å². The Bertz CT molecular complexity index is 532. The fourth-order valence-corrected chi connectivity index (χ4v) is 3.80. The molecule has 21 heavy (non-hydrogen) atoms. The van der Waals surface area contributed by atoms with Crippen LogP contribution in [0.2, 0.25) is 0 Å². The summed E-state index contributed by atoms with van der Waals surface area (Å²) in [5.41, 5.74) is 0.394. The van der Waals surface area contributed by atoms with Crippen LogP contribution in [0.25, 0.3) is 0 Å². The van der Waals surface area contributed by atoms with Crippen LogP contribution >= 0.6 is 0 Å². The number of carbonyl (C=O) groups is 1. The van der Waals surface area contributed by atoms with Crippen LogP contribution in [-0.4, -0.2) is 23.3 Å². The van der Waals surface area contributed by atoms with Crippen molar-refractivity contribution in [3.8, 4) is 0 Å². The van der Waals surface area contributed by atoms with Gasteiger partial charge in [-0.15, -0.1) is 0 Å². The van der Waals surface area contributed by atoms with Crippen LogP contribution in [0.1, 0.15) is 44.1 Å². The molecular formula is C17H21F2NO. The number of halogens is 2. The fraction of sp³-hybridized carbons (Fsp3) is 0.588. The molecule has 2 atom stereocenters. The molecule has 1 heterocycles. The summed E-state index contributed by atoms with van der Waals surface area (Å²) in [6.45, 7) is 1.27. The topological polar surface area (TPSA) is 20.3 Å². The largest absolute Gasteiger partial charge is 0.299 e. The molecule has 0 radical (unpaired) electrons. The summed E-state index contributed by atoms with van der Waals surface area (Å²) in [6.07, 6.45) is 5.77. The molecular weight excluding hydrogens is 272 g/mol. The van der Waals surface area contributed by atoms with E-state index in [0.29, 0.717) is 24.3 Å². The molecule has 2 fully saturated rings. The van der Waals surface area contributed by atoms with Crippen LogP contribution in [0.5, 0.6) is 0 Å². The Labute approximate surface area is 124 Å². The Kier molecular flexibility index (Phi) is 4.34. The lowest BCUT2D eigenvalue weighted by molar-refractivity contribution is -0.126. The van der Waals surface area contributed by atoms with Gasteiger partial charge in [0.15, 0.2) is 0 Å². The third-order valence-corrected chi connectivity index (χ3v) is 4.86. The van der Waals surface area contributed by atoms with Gasteiger partial charge in [0.05, 0.1) is 0 Å². The van der Waals surface area contributed by atoms with Crippen molar-refractivity contribution in [1.82, 2.24) is 4.90 Å². The van der Waals surface area contributed by atoms with Gasteiger partial charge in [-0.3, -0.25) is 9.69 Å². The van der Waals surface area contributed by atoms with E-state index in [1.54, 1.807) is 0 Å². The predicted octanol–water partition coefficient (Wildman–Crippen LogP) is 3.69. The molecule has 0 spiro atoms. The lowest BCUT2D eigenvalue weighted by atomic mass is 9.81. The maximum Gasteiger partial charge on any atom is 0.137 e. The quantitative estimate of drug-likeness (QED) is 0.847. The van der Waals surface area contributed by atoms with Gasteiger partial charge in [0.25, 0.3) is 0 Å². The minimum Gasteiger partial charge on any atom is -0.299 e. The molecule has 2 unspecified atom stereocenters. The lowest BCUT2D eigenvalue weighted by Crippen LogP contribution is -2.40. The van der Waals surface area contributed by atoms with Crippen LogP contribution < -0.4 is 0 Å². The van der Waals surface area contributed by atoms with Crippen LogP contribution in [0.3, 0.4) is 0 Å². The number of carbonyl (C=O) groups excluding carboxylic acids is 1. The van der Waals surface area contributed by atoms with Gasteiger partial charge in [0.1, 0.15) is 17.4 Å². The molecule has 1 aliphatic heterocycles. The molecule has 0 N–H and O–H groups in total. The van der Waals surface area contributed by atoms with Crippen molar-refractivity contribution in [3.63, 3.8) is 0 Å². The first-order chi connectivity index (χ1) is 10.1. The van der Waals surface area contributed by atoms with Crippen molar-refractivity contribution >= 4 is 5.78 Å². The summed E-state index contributed by atoms with van der Waals surface area (Å²) in [4.78, 5) is 14.3. The van der Waals surface area contributed by atoms with Crippen LogP contribution in [0.15, 0.2) is 18.2 Å².